The molecule has 3 amide bonds. The Morgan fingerprint density at radius 1 is 1.18 bits per heavy atom. The molecule has 0 unspecified atom stereocenters. The second-order valence-electron chi connectivity index (χ2n) is 7.55. The Kier molecular flexibility index (Phi) is 10.8. The molecule has 0 bridgehead atoms. The Hall–Kier alpha value is -2.50. The molecule has 5 N–H and O–H groups in total. The summed E-state index contributed by atoms with van der Waals surface area (Å²) in [6.45, 7) is 5.39. The lowest BCUT2D eigenvalue weighted by molar-refractivity contribution is 0.0997. The molecule has 1 aromatic carbocycles. The van der Waals surface area contributed by atoms with Crippen molar-refractivity contribution in [2.75, 3.05) is 25.0 Å². The van der Waals surface area contributed by atoms with E-state index in [-0.39, 0.29) is 40.1 Å². The average Bonchev–Trinajstić information content (AvgIpc) is 3.11. The number of amides is 3. The van der Waals surface area contributed by atoms with E-state index in [4.69, 9.17) is 22.1 Å². The number of nitrogens with zero attached hydrogens (tertiary/aromatic N) is 1. The van der Waals surface area contributed by atoms with Crippen LogP contribution in [0.5, 0.6) is 5.88 Å². The summed E-state index contributed by atoms with van der Waals surface area (Å²) < 4.78 is 37.2. The predicted molar refractivity (Wildman–Crippen MR) is 125 cm³/mol. The third-order valence-corrected chi connectivity index (χ3v) is 5.49. The van der Waals surface area contributed by atoms with E-state index < -0.39 is 23.6 Å². The van der Waals surface area contributed by atoms with Crippen LogP contribution in [0.3, 0.4) is 0 Å². The number of hydrogen-bond acceptors (Lipinski definition) is 6. The fraction of sp³-hybridized carbons (Fsp3) is 0.476. The molecule has 0 radical (unpaired) electrons. The highest BCUT2D eigenvalue weighted by Crippen LogP contribution is 2.30. The zero-order valence-corrected chi connectivity index (χ0v) is 20.0. The second-order valence-corrected chi connectivity index (χ2v) is 8.76. The first-order valence-corrected chi connectivity index (χ1v) is 11.7. The Morgan fingerprint density at radius 2 is 1.85 bits per heavy atom. The summed E-state index contributed by atoms with van der Waals surface area (Å²) >= 11 is 6.43. The van der Waals surface area contributed by atoms with E-state index >= 15 is 0 Å². The minimum absolute atomic E-state index is 0.0534. The van der Waals surface area contributed by atoms with E-state index in [1.54, 1.807) is 0 Å². The fourth-order valence-corrected chi connectivity index (χ4v) is 3.83. The number of aromatic nitrogens is 1. The summed E-state index contributed by atoms with van der Waals surface area (Å²) in [6, 6.07) is 1.95. The standard InChI is InChI=1S/C21H28ClF2N5O3S/c1-12(2)26-7-4-3-5-8-27-21(31)28-20-17(18(25)30)19(29-33-20)32-9-6-14-15(23)10-13(22)11-16(14)24/h10-12,26H,3-9H2,1-2H3,(H2,25,30)(H2,27,28,31). The lowest BCUT2D eigenvalue weighted by Crippen LogP contribution is -2.30. The van der Waals surface area contributed by atoms with Gasteiger partial charge in [0.2, 0.25) is 5.88 Å². The monoisotopic (exact) mass is 503 g/mol. The molecule has 0 fully saturated rings. The van der Waals surface area contributed by atoms with Gasteiger partial charge in [-0.05, 0) is 43.1 Å². The lowest BCUT2D eigenvalue weighted by Gasteiger charge is -2.09. The molecule has 12 heteroatoms. The Balaban J connectivity index is 1.85. The summed E-state index contributed by atoms with van der Waals surface area (Å²) in [6.07, 6.45) is 2.65. The molecule has 0 spiro atoms. The molecule has 0 aliphatic carbocycles. The summed E-state index contributed by atoms with van der Waals surface area (Å²) in [5.74, 6) is -2.56. The number of unbranched alkanes of at least 4 members (excludes halogenated alkanes) is 2. The van der Waals surface area contributed by atoms with Gasteiger partial charge in [-0.3, -0.25) is 10.1 Å². The van der Waals surface area contributed by atoms with Gasteiger partial charge in [-0.15, -0.1) is 0 Å². The Morgan fingerprint density at radius 3 is 2.48 bits per heavy atom. The average molecular weight is 504 g/mol. The van der Waals surface area contributed by atoms with Gasteiger partial charge in [0.15, 0.2) is 0 Å². The molecule has 2 rings (SSSR count). The summed E-state index contributed by atoms with van der Waals surface area (Å²) in [4.78, 5) is 24.0. The number of nitrogens with one attached hydrogen (secondary N) is 3. The van der Waals surface area contributed by atoms with Gasteiger partial charge in [0.1, 0.15) is 22.2 Å². The molecule has 0 saturated heterocycles. The van der Waals surface area contributed by atoms with Crippen molar-refractivity contribution in [3.63, 3.8) is 0 Å². The fourth-order valence-electron chi connectivity index (χ4n) is 2.90. The smallest absolute Gasteiger partial charge is 0.319 e. The van der Waals surface area contributed by atoms with E-state index in [1.165, 1.54) is 0 Å². The zero-order valence-electron chi connectivity index (χ0n) is 18.5. The molecule has 182 valence electrons. The third-order valence-electron chi connectivity index (χ3n) is 4.52. The van der Waals surface area contributed by atoms with Crippen LogP contribution >= 0.6 is 23.1 Å². The van der Waals surface area contributed by atoms with Crippen molar-refractivity contribution in [2.24, 2.45) is 5.73 Å². The molecular formula is C21H28ClF2N5O3S. The van der Waals surface area contributed by atoms with Crippen LogP contribution in [-0.4, -0.2) is 42.1 Å². The first-order chi connectivity index (χ1) is 15.7. The van der Waals surface area contributed by atoms with Crippen molar-refractivity contribution in [3.05, 3.63) is 39.9 Å². The van der Waals surface area contributed by atoms with E-state index in [9.17, 15) is 18.4 Å². The molecule has 0 aliphatic heterocycles. The predicted octanol–water partition coefficient (Wildman–Crippen LogP) is 4.08. The molecule has 0 atom stereocenters. The van der Waals surface area contributed by atoms with E-state index in [0.29, 0.717) is 12.6 Å². The summed E-state index contributed by atoms with van der Waals surface area (Å²) in [7, 11) is 0. The van der Waals surface area contributed by atoms with Crippen LogP contribution in [0.1, 0.15) is 49.0 Å². The quantitative estimate of drug-likeness (QED) is 0.307. The largest absolute Gasteiger partial charge is 0.476 e. The SMILES string of the molecule is CC(C)NCCCCCNC(=O)Nc1snc(OCCc2c(F)cc(Cl)cc2F)c1C(N)=O. The van der Waals surface area contributed by atoms with Gasteiger partial charge in [0.05, 0.1) is 6.61 Å². The van der Waals surface area contributed by atoms with Crippen molar-refractivity contribution >= 4 is 40.1 Å². The number of ether oxygens (including phenoxy) is 1. The van der Waals surface area contributed by atoms with Gasteiger partial charge in [0.25, 0.3) is 5.91 Å². The number of hydrogen-bond donors (Lipinski definition) is 4. The zero-order chi connectivity index (χ0) is 24.4. The topological polar surface area (TPSA) is 118 Å². The van der Waals surface area contributed by atoms with Gasteiger partial charge in [-0.1, -0.05) is 31.9 Å². The van der Waals surface area contributed by atoms with Crippen LogP contribution in [-0.2, 0) is 6.42 Å². The van der Waals surface area contributed by atoms with Crippen molar-refractivity contribution in [1.29, 1.82) is 0 Å². The minimum atomic E-state index is -0.851. The maximum Gasteiger partial charge on any atom is 0.319 e. The first-order valence-electron chi connectivity index (χ1n) is 10.5. The maximum absolute atomic E-state index is 13.9. The second kappa shape index (κ2) is 13.3. The van der Waals surface area contributed by atoms with Crippen molar-refractivity contribution in [1.82, 2.24) is 15.0 Å². The van der Waals surface area contributed by atoms with Crippen LogP contribution in [0.4, 0.5) is 18.6 Å². The number of halogens is 3. The van der Waals surface area contributed by atoms with Gasteiger partial charge in [0, 0.05) is 29.6 Å². The van der Waals surface area contributed by atoms with Crippen molar-refractivity contribution in [2.45, 2.75) is 45.6 Å². The number of urea groups is 1. The number of nitrogens with two attached hydrogens (primary N) is 1. The van der Waals surface area contributed by atoms with E-state index in [1.807, 2.05) is 0 Å². The Bertz CT molecular complexity index is 935. The van der Waals surface area contributed by atoms with E-state index in [0.717, 1.165) is 49.5 Å². The molecule has 0 saturated carbocycles. The van der Waals surface area contributed by atoms with Crippen LogP contribution in [0.25, 0.3) is 0 Å². The van der Waals surface area contributed by atoms with Gasteiger partial charge < -0.3 is 21.1 Å². The summed E-state index contributed by atoms with van der Waals surface area (Å²) in [5.41, 5.74) is 5.10. The molecule has 1 aromatic heterocycles. The minimum Gasteiger partial charge on any atom is -0.476 e. The normalized spacial score (nSPS) is 11.0. The highest BCUT2D eigenvalue weighted by atomic mass is 35.5. The van der Waals surface area contributed by atoms with Crippen molar-refractivity contribution in [3.8, 4) is 5.88 Å². The molecule has 1 heterocycles. The highest BCUT2D eigenvalue weighted by Gasteiger charge is 2.22. The van der Waals surface area contributed by atoms with Crippen LogP contribution in [0.15, 0.2) is 12.1 Å². The van der Waals surface area contributed by atoms with Crippen LogP contribution in [0.2, 0.25) is 5.02 Å². The number of carbonyl (C=O) groups excluding carboxylic acids is 2. The van der Waals surface area contributed by atoms with Crippen molar-refractivity contribution < 1.29 is 23.1 Å². The molecule has 33 heavy (non-hydrogen) atoms. The third kappa shape index (κ3) is 8.75. The number of primary amides is 1. The number of rotatable bonds is 13. The van der Waals surface area contributed by atoms with Crippen LogP contribution in [0, 0.1) is 11.6 Å². The van der Waals surface area contributed by atoms with Gasteiger partial charge >= 0.3 is 6.03 Å². The number of anilines is 1. The molecule has 0 aliphatic rings. The molecular weight excluding hydrogens is 476 g/mol. The van der Waals surface area contributed by atoms with Crippen LogP contribution < -0.4 is 26.4 Å². The lowest BCUT2D eigenvalue weighted by atomic mass is 10.1. The highest BCUT2D eigenvalue weighted by molar-refractivity contribution is 7.11. The summed E-state index contributed by atoms with van der Waals surface area (Å²) in [5, 5.41) is 8.65. The number of benzene rings is 1. The van der Waals surface area contributed by atoms with Gasteiger partial charge in [-0.25, -0.2) is 13.6 Å². The van der Waals surface area contributed by atoms with E-state index in [2.05, 4.69) is 34.2 Å². The number of carbonyl (C=O) groups is 2. The Labute approximate surface area is 200 Å². The van der Waals surface area contributed by atoms with Gasteiger partial charge in [-0.2, -0.15) is 4.37 Å². The molecule has 2 aromatic rings. The first kappa shape index (κ1) is 26.7. The maximum atomic E-state index is 13.9. The molecule has 8 nitrogen and oxygen atoms in total.